The van der Waals surface area contributed by atoms with Crippen LogP contribution in [0.25, 0.3) is 0 Å². The van der Waals surface area contributed by atoms with Crippen molar-refractivity contribution in [3.8, 4) is 0 Å². The van der Waals surface area contributed by atoms with E-state index >= 15 is 0 Å². The first-order valence-electron chi connectivity index (χ1n) is 6.44. The van der Waals surface area contributed by atoms with Gasteiger partial charge in [-0.15, -0.1) is 11.3 Å². The Morgan fingerprint density at radius 3 is 2.95 bits per heavy atom. The molecule has 1 aromatic carbocycles. The molecule has 4 heteroatoms. The number of halogens is 2. The molecule has 1 atom stereocenters. The molecule has 0 bridgehead atoms. The third kappa shape index (κ3) is 2.76. The molecule has 2 aromatic rings. The van der Waals surface area contributed by atoms with Crippen molar-refractivity contribution < 1.29 is 4.39 Å². The molecule has 0 saturated carbocycles. The lowest BCUT2D eigenvalue weighted by atomic mass is 10.0. The largest absolute Gasteiger partial charge is 0.323 e. The Hall–Kier alpha value is -0.710. The predicted molar refractivity (Wildman–Crippen MR) is 81.1 cm³/mol. The number of hydrogen-bond acceptors (Lipinski definition) is 2. The average Bonchev–Trinajstić information content (AvgIpc) is 2.94. The van der Waals surface area contributed by atoms with Crippen molar-refractivity contribution in [1.82, 2.24) is 0 Å². The number of fused-ring (bicyclic) bond motifs is 1. The van der Waals surface area contributed by atoms with Crippen LogP contribution in [0.3, 0.4) is 0 Å². The number of nitrogens with two attached hydrogens (primary N) is 1. The maximum Gasteiger partial charge on any atom is 0.126 e. The van der Waals surface area contributed by atoms with Gasteiger partial charge in [0, 0.05) is 20.3 Å². The summed E-state index contributed by atoms with van der Waals surface area (Å²) in [7, 11) is 0. The van der Waals surface area contributed by atoms with Gasteiger partial charge in [-0.1, -0.05) is 15.9 Å². The fourth-order valence-corrected chi connectivity index (χ4v) is 4.24. The lowest BCUT2D eigenvalue weighted by Crippen LogP contribution is -2.12. The van der Waals surface area contributed by atoms with Gasteiger partial charge in [-0.3, -0.25) is 0 Å². The third-order valence-corrected chi connectivity index (χ3v) is 5.44. The highest BCUT2D eigenvalue weighted by Gasteiger charge is 2.19. The van der Waals surface area contributed by atoms with Crippen LogP contribution in [0.15, 0.2) is 28.7 Å². The van der Waals surface area contributed by atoms with E-state index < -0.39 is 0 Å². The molecular weight excluding hydrogens is 325 g/mol. The number of rotatable bonds is 3. The SMILES string of the molecule is NC(Cc1cc(Br)ccc1F)c1cc2c(s1)CCC2. The highest BCUT2D eigenvalue weighted by Crippen LogP contribution is 2.34. The van der Waals surface area contributed by atoms with Crippen LogP contribution in [0.4, 0.5) is 4.39 Å². The summed E-state index contributed by atoms with van der Waals surface area (Å²) in [6.45, 7) is 0. The molecule has 1 aromatic heterocycles. The molecule has 0 radical (unpaired) electrons. The summed E-state index contributed by atoms with van der Waals surface area (Å²) >= 11 is 5.17. The van der Waals surface area contributed by atoms with Gasteiger partial charge in [0.2, 0.25) is 0 Å². The van der Waals surface area contributed by atoms with E-state index in [0.717, 1.165) is 4.47 Å². The standard InChI is InChI=1S/C15H15BrFNS/c16-11-4-5-12(17)10(6-11)7-13(18)15-8-9-2-1-3-14(9)19-15/h4-6,8,13H,1-3,7,18H2. The zero-order valence-electron chi connectivity index (χ0n) is 10.5. The molecular formula is C15H15BrFNS. The molecule has 0 aliphatic heterocycles. The highest BCUT2D eigenvalue weighted by molar-refractivity contribution is 9.10. The van der Waals surface area contributed by atoms with Crippen molar-refractivity contribution in [3.05, 3.63) is 55.4 Å². The van der Waals surface area contributed by atoms with Crippen molar-refractivity contribution >= 4 is 27.3 Å². The van der Waals surface area contributed by atoms with Crippen LogP contribution in [0, 0.1) is 5.82 Å². The van der Waals surface area contributed by atoms with Crippen LogP contribution in [-0.2, 0) is 19.3 Å². The van der Waals surface area contributed by atoms with Gasteiger partial charge in [-0.25, -0.2) is 4.39 Å². The summed E-state index contributed by atoms with van der Waals surface area (Å²) < 4.78 is 14.6. The van der Waals surface area contributed by atoms with Crippen LogP contribution < -0.4 is 5.73 Å². The zero-order chi connectivity index (χ0) is 13.4. The van der Waals surface area contributed by atoms with Crippen molar-refractivity contribution in [1.29, 1.82) is 0 Å². The molecule has 1 aliphatic rings. The summed E-state index contributed by atoms with van der Waals surface area (Å²) in [5.74, 6) is -0.178. The maximum atomic E-state index is 13.7. The second-order valence-electron chi connectivity index (χ2n) is 5.00. The average molecular weight is 340 g/mol. The number of benzene rings is 1. The Morgan fingerprint density at radius 2 is 2.16 bits per heavy atom. The van der Waals surface area contributed by atoms with Gasteiger partial charge in [0.15, 0.2) is 0 Å². The van der Waals surface area contributed by atoms with Gasteiger partial charge in [-0.2, -0.15) is 0 Å². The van der Waals surface area contributed by atoms with Crippen molar-refractivity contribution in [2.45, 2.75) is 31.7 Å². The normalized spacial score (nSPS) is 15.5. The van der Waals surface area contributed by atoms with E-state index in [9.17, 15) is 4.39 Å². The Bertz CT molecular complexity index is 587. The number of aryl methyl sites for hydroxylation is 2. The molecule has 0 saturated heterocycles. The quantitative estimate of drug-likeness (QED) is 0.882. The highest BCUT2D eigenvalue weighted by atomic mass is 79.9. The molecule has 2 N–H and O–H groups in total. The Morgan fingerprint density at radius 1 is 1.32 bits per heavy atom. The van der Waals surface area contributed by atoms with E-state index in [4.69, 9.17) is 5.73 Å². The van der Waals surface area contributed by atoms with E-state index in [1.54, 1.807) is 17.4 Å². The first kappa shape index (κ1) is 13.3. The Labute approximate surface area is 124 Å². The minimum atomic E-state index is -0.178. The summed E-state index contributed by atoms with van der Waals surface area (Å²) in [6, 6.07) is 7.12. The molecule has 3 rings (SSSR count). The first-order valence-corrected chi connectivity index (χ1v) is 8.05. The summed E-state index contributed by atoms with van der Waals surface area (Å²) in [6.07, 6.45) is 4.16. The summed E-state index contributed by atoms with van der Waals surface area (Å²) in [4.78, 5) is 2.66. The monoisotopic (exact) mass is 339 g/mol. The van der Waals surface area contributed by atoms with Crippen LogP contribution in [0.5, 0.6) is 0 Å². The molecule has 0 spiro atoms. The minimum absolute atomic E-state index is 0.112. The van der Waals surface area contributed by atoms with Crippen LogP contribution in [0.2, 0.25) is 0 Å². The van der Waals surface area contributed by atoms with E-state index in [1.807, 2.05) is 6.07 Å². The lowest BCUT2D eigenvalue weighted by molar-refractivity contribution is 0.594. The van der Waals surface area contributed by atoms with Gasteiger partial charge in [-0.05, 0) is 61.1 Å². The van der Waals surface area contributed by atoms with Crippen LogP contribution in [0.1, 0.15) is 33.3 Å². The molecule has 0 fully saturated rings. The Kier molecular flexibility index (Phi) is 3.74. The number of hydrogen-bond donors (Lipinski definition) is 1. The van der Waals surface area contributed by atoms with Gasteiger partial charge in [0.05, 0.1) is 0 Å². The smallest absolute Gasteiger partial charge is 0.126 e. The van der Waals surface area contributed by atoms with E-state index in [0.29, 0.717) is 12.0 Å². The Balaban J connectivity index is 1.80. The fraction of sp³-hybridized carbons (Fsp3) is 0.333. The second-order valence-corrected chi connectivity index (χ2v) is 7.08. The molecule has 1 nitrogen and oxygen atoms in total. The van der Waals surface area contributed by atoms with E-state index in [2.05, 4.69) is 22.0 Å². The topological polar surface area (TPSA) is 26.0 Å². The minimum Gasteiger partial charge on any atom is -0.323 e. The first-order chi connectivity index (χ1) is 9.13. The molecule has 19 heavy (non-hydrogen) atoms. The van der Waals surface area contributed by atoms with Gasteiger partial charge >= 0.3 is 0 Å². The van der Waals surface area contributed by atoms with Crippen molar-refractivity contribution in [3.63, 3.8) is 0 Å². The van der Waals surface area contributed by atoms with Crippen molar-refractivity contribution in [2.75, 3.05) is 0 Å². The summed E-state index contributed by atoms with van der Waals surface area (Å²) in [5.41, 5.74) is 8.36. The molecule has 1 heterocycles. The zero-order valence-corrected chi connectivity index (χ0v) is 12.9. The van der Waals surface area contributed by atoms with Gasteiger partial charge < -0.3 is 5.73 Å². The van der Waals surface area contributed by atoms with Gasteiger partial charge in [0.1, 0.15) is 5.82 Å². The second kappa shape index (κ2) is 5.35. The van der Waals surface area contributed by atoms with Crippen molar-refractivity contribution in [2.24, 2.45) is 5.73 Å². The molecule has 100 valence electrons. The maximum absolute atomic E-state index is 13.7. The van der Waals surface area contributed by atoms with Crippen LogP contribution in [-0.4, -0.2) is 0 Å². The van der Waals surface area contributed by atoms with Crippen LogP contribution >= 0.6 is 27.3 Å². The third-order valence-electron chi connectivity index (χ3n) is 3.58. The number of thiophene rings is 1. The van der Waals surface area contributed by atoms with E-state index in [-0.39, 0.29) is 11.9 Å². The fourth-order valence-electron chi connectivity index (χ4n) is 2.57. The lowest BCUT2D eigenvalue weighted by Gasteiger charge is -2.11. The summed E-state index contributed by atoms with van der Waals surface area (Å²) in [5, 5.41) is 0. The van der Waals surface area contributed by atoms with E-state index in [1.165, 1.54) is 40.6 Å². The molecule has 1 unspecified atom stereocenters. The molecule has 0 amide bonds. The predicted octanol–water partition coefficient (Wildman–Crippen LogP) is 4.38. The molecule has 1 aliphatic carbocycles. The van der Waals surface area contributed by atoms with Gasteiger partial charge in [0.25, 0.3) is 0 Å².